The van der Waals surface area contributed by atoms with Crippen LogP contribution in [-0.4, -0.2) is 0 Å². The molecule has 0 aliphatic rings. The molecule has 0 aliphatic carbocycles. The van der Waals surface area contributed by atoms with E-state index in [1.165, 1.54) is 69.1 Å². The van der Waals surface area contributed by atoms with Crippen molar-refractivity contribution in [1.29, 1.82) is 0 Å². The van der Waals surface area contributed by atoms with Gasteiger partial charge in [0.15, 0.2) is 0 Å². The van der Waals surface area contributed by atoms with Gasteiger partial charge in [-0.05, 0) is 18.1 Å². The maximum Gasteiger partial charge on any atom is 0.0987 e. The molecule has 0 saturated heterocycles. The van der Waals surface area contributed by atoms with E-state index in [1.807, 2.05) is 6.07 Å². The first kappa shape index (κ1) is 18.8. The monoisotopic (exact) mass is 398 g/mol. The van der Waals surface area contributed by atoms with Gasteiger partial charge in [-0.15, -0.1) is 11.3 Å². The van der Waals surface area contributed by atoms with Gasteiger partial charge in [0.05, 0.1) is 8.67 Å². The molecule has 1 rings (SSSR count). The van der Waals surface area contributed by atoms with Crippen molar-refractivity contribution in [2.75, 3.05) is 0 Å². The van der Waals surface area contributed by atoms with E-state index >= 15 is 0 Å². The fourth-order valence-electron chi connectivity index (χ4n) is 2.36. The van der Waals surface area contributed by atoms with Gasteiger partial charge >= 0.3 is 0 Å². The van der Waals surface area contributed by atoms with Crippen LogP contribution in [0.4, 0.5) is 0 Å². The third-order valence-corrected chi connectivity index (χ3v) is 6.05. The standard InChI is InChI=1S/C16H25BrCl2S/c1-2-3-4-5-6-7-8-9-10-11-14(17)13-12-15(18)20-16(13)19/h12,14H,2-11H2,1H3. The van der Waals surface area contributed by atoms with Crippen LogP contribution in [0.15, 0.2) is 6.07 Å². The third kappa shape index (κ3) is 7.68. The zero-order valence-corrected chi connectivity index (χ0v) is 16.2. The van der Waals surface area contributed by atoms with Gasteiger partial charge in [-0.25, -0.2) is 0 Å². The van der Waals surface area contributed by atoms with E-state index in [0.717, 1.165) is 20.7 Å². The zero-order valence-electron chi connectivity index (χ0n) is 12.3. The number of alkyl halides is 1. The van der Waals surface area contributed by atoms with E-state index in [0.29, 0.717) is 4.83 Å². The molecule has 0 spiro atoms. The molecule has 0 aromatic carbocycles. The summed E-state index contributed by atoms with van der Waals surface area (Å²) < 4.78 is 1.61. The quantitative estimate of drug-likeness (QED) is 0.258. The van der Waals surface area contributed by atoms with Crippen LogP contribution in [-0.2, 0) is 0 Å². The highest BCUT2D eigenvalue weighted by Gasteiger charge is 2.14. The summed E-state index contributed by atoms with van der Waals surface area (Å²) in [6.45, 7) is 2.27. The van der Waals surface area contributed by atoms with Gasteiger partial charge in [0.1, 0.15) is 0 Å². The summed E-state index contributed by atoms with van der Waals surface area (Å²) in [4.78, 5) is 0.350. The first-order valence-electron chi connectivity index (χ1n) is 7.74. The molecule has 20 heavy (non-hydrogen) atoms. The molecule has 0 bridgehead atoms. The van der Waals surface area contributed by atoms with Gasteiger partial charge in [0, 0.05) is 4.83 Å². The van der Waals surface area contributed by atoms with Crippen molar-refractivity contribution in [1.82, 2.24) is 0 Å². The van der Waals surface area contributed by atoms with Gasteiger partial charge in [-0.1, -0.05) is 104 Å². The number of hydrogen-bond acceptors (Lipinski definition) is 1. The molecule has 1 aromatic heterocycles. The van der Waals surface area contributed by atoms with Gasteiger partial charge < -0.3 is 0 Å². The summed E-state index contributed by atoms with van der Waals surface area (Å²) in [5, 5.41) is 0. The van der Waals surface area contributed by atoms with Crippen molar-refractivity contribution in [3.63, 3.8) is 0 Å². The fourth-order valence-corrected chi connectivity index (χ4v) is 4.90. The average Bonchev–Trinajstić information content (AvgIpc) is 2.75. The summed E-state index contributed by atoms with van der Waals surface area (Å²) in [6, 6.07) is 1.99. The maximum atomic E-state index is 6.17. The van der Waals surface area contributed by atoms with Crippen LogP contribution in [0.5, 0.6) is 0 Å². The molecule has 0 nitrogen and oxygen atoms in total. The van der Waals surface area contributed by atoms with Crippen molar-refractivity contribution in [3.05, 3.63) is 20.3 Å². The Labute approximate surface area is 146 Å². The second-order valence-corrected chi connectivity index (χ2v) is 8.76. The normalized spacial score (nSPS) is 12.8. The molecule has 0 saturated carbocycles. The summed E-state index contributed by atoms with van der Waals surface area (Å²) in [5.74, 6) is 0. The SMILES string of the molecule is CCCCCCCCCCCC(Br)c1cc(Cl)sc1Cl. The highest BCUT2D eigenvalue weighted by molar-refractivity contribution is 9.09. The van der Waals surface area contributed by atoms with Crippen LogP contribution < -0.4 is 0 Å². The predicted octanol–water partition coefficient (Wildman–Crippen LogP) is 8.41. The molecule has 0 aliphatic heterocycles. The average molecular weight is 400 g/mol. The lowest BCUT2D eigenvalue weighted by Gasteiger charge is -2.08. The molecule has 4 heteroatoms. The smallest absolute Gasteiger partial charge is 0.0987 e. The van der Waals surface area contributed by atoms with Crippen LogP contribution >= 0.6 is 50.5 Å². The predicted molar refractivity (Wildman–Crippen MR) is 97.9 cm³/mol. The molecular formula is C16H25BrCl2S. The van der Waals surface area contributed by atoms with Gasteiger partial charge in [0.2, 0.25) is 0 Å². The van der Waals surface area contributed by atoms with E-state index in [2.05, 4.69) is 22.9 Å². The number of unbranched alkanes of at least 4 members (excludes halogenated alkanes) is 8. The topological polar surface area (TPSA) is 0 Å². The Morgan fingerprint density at radius 1 is 1.00 bits per heavy atom. The Hall–Kier alpha value is 0.760. The molecule has 1 aromatic rings. The number of thiophene rings is 1. The number of halogens is 3. The molecule has 0 fully saturated rings. The Bertz CT molecular complexity index is 365. The fraction of sp³-hybridized carbons (Fsp3) is 0.750. The van der Waals surface area contributed by atoms with E-state index < -0.39 is 0 Å². The lowest BCUT2D eigenvalue weighted by atomic mass is 10.0. The largest absolute Gasteiger partial charge is 0.111 e. The second kappa shape index (κ2) is 11.3. The summed E-state index contributed by atoms with van der Waals surface area (Å²) in [7, 11) is 0. The molecule has 0 amide bonds. The number of rotatable bonds is 11. The van der Waals surface area contributed by atoms with E-state index in [-0.39, 0.29) is 0 Å². The Kier molecular flexibility index (Phi) is 10.7. The van der Waals surface area contributed by atoms with Crippen molar-refractivity contribution < 1.29 is 0 Å². The molecule has 0 N–H and O–H groups in total. The van der Waals surface area contributed by atoms with Crippen LogP contribution in [0.3, 0.4) is 0 Å². The van der Waals surface area contributed by atoms with Crippen molar-refractivity contribution in [2.45, 2.75) is 76.0 Å². The molecule has 1 unspecified atom stereocenters. The molecule has 0 radical (unpaired) electrons. The maximum absolute atomic E-state index is 6.17. The Morgan fingerprint density at radius 2 is 1.55 bits per heavy atom. The van der Waals surface area contributed by atoms with E-state index in [1.54, 1.807) is 0 Å². The first-order valence-corrected chi connectivity index (χ1v) is 10.2. The highest BCUT2D eigenvalue weighted by Crippen LogP contribution is 2.40. The van der Waals surface area contributed by atoms with E-state index in [9.17, 15) is 0 Å². The summed E-state index contributed by atoms with van der Waals surface area (Å²) >= 11 is 17.3. The highest BCUT2D eigenvalue weighted by atomic mass is 79.9. The lowest BCUT2D eigenvalue weighted by molar-refractivity contribution is 0.556. The van der Waals surface area contributed by atoms with E-state index in [4.69, 9.17) is 23.2 Å². The second-order valence-electron chi connectivity index (χ2n) is 5.36. The van der Waals surface area contributed by atoms with Crippen LogP contribution in [0.25, 0.3) is 0 Å². The van der Waals surface area contributed by atoms with Crippen LogP contribution in [0.2, 0.25) is 8.67 Å². The van der Waals surface area contributed by atoms with Crippen molar-refractivity contribution >= 4 is 50.5 Å². The minimum atomic E-state index is 0.350. The molecular weight excluding hydrogens is 375 g/mol. The van der Waals surface area contributed by atoms with Crippen molar-refractivity contribution in [3.8, 4) is 0 Å². The molecule has 1 atom stereocenters. The van der Waals surface area contributed by atoms with Crippen LogP contribution in [0.1, 0.15) is 81.5 Å². The summed E-state index contributed by atoms with van der Waals surface area (Å²) in [6.07, 6.45) is 13.4. The lowest BCUT2D eigenvalue weighted by Crippen LogP contribution is -1.89. The summed E-state index contributed by atoms with van der Waals surface area (Å²) in [5.41, 5.74) is 1.15. The minimum absolute atomic E-state index is 0.350. The molecule has 1 heterocycles. The zero-order chi connectivity index (χ0) is 14.8. The number of hydrogen-bond donors (Lipinski definition) is 0. The van der Waals surface area contributed by atoms with Crippen LogP contribution in [0, 0.1) is 0 Å². The Balaban J connectivity index is 2.02. The van der Waals surface area contributed by atoms with Gasteiger partial charge in [-0.2, -0.15) is 0 Å². The Morgan fingerprint density at radius 3 is 2.05 bits per heavy atom. The van der Waals surface area contributed by atoms with Gasteiger partial charge in [-0.3, -0.25) is 0 Å². The first-order chi connectivity index (χ1) is 9.65. The minimum Gasteiger partial charge on any atom is -0.111 e. The van der Waals surface area contributed by atoms with Crippen molar-refractivity contribution in [2.24, 2.45) is 0 Å². The molecule has 116 valence electrons. The van der Waals surface area contributed by atoms with Gasteiger partial charge in [0.25, 0.3) is 0 Å². The third-order valence-electron chi connectivity index (χ3n) is 3.58.